The van der Waals surface area contributed by atoms with Crippen LogP contribution >= 0.6 is 22.9 Å². The summed E-state index contributed by atoms with van der Waals surface area (Å²) in [5.74, 6) is -0.0405. The van der Waals surface area contributed by atoms with Gasteiger partial charge in [0.05, 0.1) is 21.4 Å². The molecule has 0 spiro atoms. The van der Waals surface area contributed by atoms with E-state index in [2.05, 4.69) is 5.32 Å². The molecule has 0 atom stereocenters. The number of cyclic esters (lactones) is 1. The van der Waals surface area contributed by atoms with Gasteiger partial charge in [0.2, 0.25) is 0 Å². The van der Waals surface area contributed by atoms with Crippen molar-refractivity contribution in [3.05, 3.63) is 91.3 Å². The topological polar surface area (TPSA) is 101 Å². The molecule has 0 saturated carbocycles. The first-order valence-corrected chi connectivity index (χ1v) is 11.7. The molecule has 4 rings (SSSR count). The van der Waals surface area contributed by atoms with Gasteiger partial charge in [-0.3, -0.25) is 19.1 Å². The molecule has 1 aliphatic rings. The van der Waals surface area contributed by atoms with Crippen molar-refractivity contribution >= 4 is 40.6 Å². The van der Waals surface area contributed by atoms with E-state index in [1.54, 1.807) is 53.2 Å². The molecule has 3 heterocycles. The normalized spacial score (nSPS) is 14.5. The third-order valence-electron chi connectivity index (χ3n) is 5.30. The third-order valence-corrected chi connectivity index (χ3v) is 6.53. The van der Waals surface area contributed by atoms with Crippen molar-refractivity contribution in [2.75, 3.05) is 18.1 Å². The molecule has 1 aromatic carbocycles. The molecule has 0 radical (unpaired) electrons. The Morgan fingerprint density at radius 1 is 1.26 bits per heavy atom. The fourth-order valence-corrected chi connectivity index (χ4v) is 4.56. The number of carbonyl (C=O) groups is 2. The van der Waals surface area contributed by atoms with Gasteiger partial charge in [-0.15, -0.1) is 11.3 Å². The Morgan fingerprint density at radius 3 is 2.79 bits per heavy atom. The van der Waals surface area contributed by atoms with Crippen LogP contribution in [0.15, 0.2) is 65.4 Å². The lowest BCUT2D eigenvalue weighted by molar-refractivity contribution is 0.0972. The number of aromatic nitrogens is 1. The van der Waals surface area contributed by atoms with Crippen LogP contribution in [0.25, 0.3) is 5.69 Å². The van der Waals surface area contributed by atoms with E-state index in [-0.39, 0.29) is 24.6 Å². The van der Waals surface area contributed by atoms with E-state index in [4.69, 9.17) is 21.4 Å². The lowest BCUT2D eigenvalue weighted by atomic mass is 10.1. The van der Waals surface area contributed by atoms with E-state index in [9.17, 15) is 14.4 Å². The van der Waals surface area contributed by atoms with Crippen LogP contribution in [0.2, 0.25) is 4.34 Å². The minimum absolute atomic E-state index is 0.0243. The summed E-state index contributed by atoms with van der Waals surface area (Å²) in [6, 6.07) is 12.1. The van der Waals surface area contributed by atoms with Crippen molar-refractivity contribution in [3.8, 4) is 5.69 Å². The molecule has 176 valence electrons. The van der Waals surface area contributed by atoms with Crippen molar-refractivity contribution in [1.82, 2.24) is 9.88 Å². The molecule has 0 unspecified atom stereocenters. The number of benzene rings is 1. The molecule has 0 aliphatic carbocycles. The van der Waals surface area contributed by atoms with E-state index in [1.807, 2.05) is 6.92 Å². The Labute approximate surface area is 204 Å². The predicted molar refractivity (Wildman–Crippen MR) is 131 cm³/mol. The number of hydrogen-bond acceptors (Lipinski definition) is 6. The molecule has 2 aromatic heterocycles. The zero-order valence-electron chi connectivity index (χ0n) is 18.3. The average molecular weight is 500 g/mol. The zero-order chi connectivity index (χ0) is 24.2. The third kappa shape index (κ3) is 5.06. The number of anilines is 1. The number of carbonyl (C=O) groups excluding carboxylic acids is 2. The Hall–Kier alpha value is -3.40. The van der Waals surface area contributed by atoms with Gasteiger partial charge in [0.15, 0.2) is 0 Å². The Morgan fingerprint density at radius 2 is 2.09 bits per heavy atom. The first-order valence-electron chi connectivity index (χ1n) is 10.5. The van der Waals surface area contributed by atoms with Gasteiger partial charge in [0.1, 0.15) is 5.76 Å². The largest absolute Gasteiger partial charge is 0.419 e. The number of rotatable bonds is 7. The summed E-state index contributed by atoms with van der Waals surface area (Å²) in [6.45, 7) is 2.03. The second kappa shape index (κ2) is 10.3. The molecular weight excluding hydrogens is 478 g/mol. The van der Waals surface area contributed by atoms with Gasteiger partial charge in [-0.25, -0.2) is 4.79 Å². The quantitative estimate of drug-likeness (QED) is 0.511. The highest BCUT2D eigenvalue weighted by molar-refractivity contribution is 7.18. The number of nitrogens with one attached hydrogen (secondary N) is 1. The Bertz CT molecular complexity index is 1330. The summed E-state index contributed by atoms with van der Waals surface area (Å²) < 4.78 is 7.35. The lowest BCUT2D eigenvalue weighted by Gasteiger charge is -2.16. The van der Waals surface area contributed by atoms with E-state index in [1.165, 1.54) is 11.1 Å². The van der Waals surface area contributed by atoms with Crippen LogP contribution in [0.4, 0.5) is 10.5 Å². The number of pyridine rings is 1. The van der Waals surface area contributed by atoms with Crippen LogP contribution in [0.5, 0.6) is 0 Å². The average Bonchev–Trinajstić information content (AvgIpc) is 3.42. The number of amides is 2. The highest BCUT2D eigenvalue weighted by Gasteiger charge is 2.29. The van der Waals surface area contributed by atoms with E-state index >= 15 is 0 Å². The van der Waals surface area contributed by atoms with Gasteiger partial charge >= 0.3 is 6.09 Å². The standard InChI is InChI=1S/C24H22ClN3O5S/c1-15-12-17(6-7-19(15)27-10-2-4-16(23(27)31)5-3-11-29)28-14-18(33-24(28)32)13-26-22(30)20-8-9-21(25)34-20/h2,4,6-10,12-13,29H,3,5,11,14H2,1H3,(H,26,30)/b18-13-. The summed E-state index contributed by atoms with van der Waals surface area (Å²) in [5.41, 5.74) is 2.59. The number of nitrogens with zero attached hydrogens (tertiary/aromatic N) is 2. The van der Waals surface area contributed by atoms with Crippen LogP contribution in [0, 0.1) is 6.92 Å². The van der Waals surface area contributed by atoms with Crippen molar-refractivity contribution in [3.63, 3.8) is 0 Å². The molecule has 34 heavy (non-hydrogen) atoms. The molecule has 2 amide bonds. The second-order valence-corrected chi connectivity index (χ2v) is 9.36. The first kappa shape index (κ1) is 23.7. The molecule has 0 bridgehead atoms. The van der Waals surface area contributed by atoms with Crippen LogP contribution in [0.3, 0.4) is 0 Å². The lowest BCUT2D eigenvalue weighted by Crippen LogP contribution is -2.24. The number of aliphatic hydroxyl groups is 1. The van der Waals surface area contributed by atoms with Crippen molar-refractivity contribution in [1.29, 1.82) is 0 Å². The highest BCUT2D eigenvalue weighted by Crippen LogP contribution is 2.27. The van der Waals surface area contributed by atoms with Gasteiger partial charge < -0.3 is 15.2 Å². The maximum Gasteiger partial charge on any atom is 0.419 e. The van der Waals surface area contributed by atoms with Crippen molar-refractivity contribution < 1.29 is 19.4 Å². The summed E-state index contributed by atoms with van der Waals surface area (Å²) in [7, 11) is 0. The molecule has 10 heteroatoms. The van der Waals surface area contributed by atoms with Crippen LogP contribution in [-0.4, -0.2) is 34.8 Å². The molecule has 2 N–H and O–H groups in total. The van der Waals surface area contributed by atoms with Gasteiger partial charge in [-0.05, 0) is 61.7 Å². The van der Waals surface area contributed by atoms with Gasteiger partial charge in [-0.2, -0.15) is 0 Å². The minimum atomic E-state index is -0.560. The maximum absolute atomic E-state index is 12.8. The number of hydrogen-bond donors (Lipinski definition) is 2. The van der Waals surface area contributed by atoms with Crippen molar-refractivity contribution in [2.45, 2.75) is 19.8 Å². The number of aryl methyl sites for hydroxylation is 2. The second-order valence-electron chi connectivity index (χ2n) is 7.65. The number of aliphatic hydroxyl groups excluding tert-OH is 1. The van der Waals surface area contributed by atoms with Crippen LogP contribution in [-0.2, 0) is 11.2 Å². The SMILES string of the molecule is Cc1cc(N2C/C(=C/NC(=O)c3ccc(Cl)s3)OC2=O)ccc1-n1cccc(CCCO)c1=O. The minimum Gasteiger partial charge on any atom is -0.411 e. The molecule has 3 aromatic rings. The molecule has 1 fully saturated rings. The predicted octanol–water partition coefficient (Wildman–Crippen LogP) is 4.01. The Balaban J connectivity index is 1.50. The molecular formula is C24H22ClN3O5S. The van der Waals surface area contributed by atoms with Crippen LogP contribution in [0.1, 0.15) is 27.2 Å². The molecule has 8 nitrogen and oxygen atoms in total. The summed E-state index contributed by atoms with van der Waals surface area (Å²) in [6.07, 6.45) is 3.52. The molecule has 1 aliphatic heterocycles. The van der Waals surface area contributed by atoms with Crippen LogP contribution < -0.4 is 15.8 Å². The smallest absolute Gasteiger partial charge is 0.411 e. The van der Waals surface area contributed by atoms with Crippen molar-refractivity contribution in [2.24, 2.45) is 0 Å². The monoisotopic (exact) mass is 499 g/mol. The van der Waals surface area contributed by atoms with Gasteiger partial charge in [-0.1, -0.05) is 17.7 Å². The molecule has 1 saturated heterocycles. The fourth-order valence-electron chi connectivity index (χ4n) is 3.61. The summed E-state index contributed by atoms with van der Waals surface area (Å²) in [4.78, 5) is 39.3. The summed E-state index contributed by atoms with van der Waals surface area (Å²) >= 11 is 7.01. The van der Waals surface area contributed by atoms with Gasteiger partial charge in [0.25, 0.3) is 11.5 Å². The fraction of sp³-hybridized carbons (Fsp3) is 0.208. The zero-order valence-corrected chi connectivity index (χ0v) is 19.9. The number of thiophene rings is 1. The number of halogens is 1. The highest BCUT2D eigenvalue weighted by atomic mass is 35.5. The summed E-state index contributed by atoms with van der Waals surface area (Å²) in [5, 5.41) is 11.7. The van der Waals surface area contributed by atoms with E-state index in [0.29, 0.717) is 44.8 Å². The first-order chi connectivity index (χ1) is 16.4. The van der Waals surface area contributed by atoms with E-state index in [0.717, 1.165) is 16.9 Å². The van der Waals surface area contributed by atoms with Gasteiger partial charge in [0, 0.05) is 30.3 Å². The van der Waals surface area contributed by atoms with E-state index < -0.39 is 6.09 Å². The maximum atomic E-state index is 12.8. The number of ether oxygens (including phenoxy) is 1. The Kier molecular flexibility index (Phi) is 7.16.